The molecule has 0 unspecified atom stereocenters. The lowest BCUT2D eigenvalue weighted by Gasteiger charge is -2.17. The highest BCUT2D eigenvalue weighted by atomic mass is 19.4. The molecule has 0 bridgehead atoms. The van der Waals surface area contributed by atoms with Gasteiger partial charge in [-0.05, 0) is 12.1 Å². The third-order valence-corrected chi connectivity index (χ3v) is 3.04. The second-order valence-corrected chi connectivity index (χ2v) is 4.37. The Morgan fingerprint density at radius 1 is 1.15 bits per heavy atom. The molecule has 1 aliphatic rings. The number of fused-ring (bicyclic) bond motifs is 1. The summed E-state index contributed by atoms with van der Waals surface area (Å²) in [6.45, 7) is 1.62. The van der Waals surface area contributed by atoms with Crippen LogP contribution in [0, 0.1) is 0 Å². The highest BCUT2D eigenvalue weighted by Gasteiger charge is 2.33. The van der Waals surface area contributed by atoms with Crippen LogP contribution in [-0.4, -0.2) is 21.3 Å². The Hall–Kier alpha value is -2.09. The lowest BCUT2D eigenvalue weighted by Crippen LogP contribution is -2.24. The van der Waals surface area contributed by atoms with Gasteiger partial charge in [-0.3, -0.25) is 4.57 Å². The standard InChI is InChI=1S/C12H11F3N5/c13-12(14,15)8-3-1-2-4-9(8)17-11-19-18-10-7-16-5-6-20(10)11/h1-4H,5-7H2,(H,17,19). The molecule has 1 aromatic heterocycles. The minimum Gasteiger partial charge on any atom is -0.324 e. The predicted molar refractivity (Wildman–Crippen MR) is 65.5 cm³/mol. The van der Waals surface area contributed by atoms with Crippen LogP contribution in [-0.2, 0) is 19.3 Å². The maximum atomic E-state index is 12.9. The van der Waals surface area contributed by atoms with Crippen LogP contribution >= 0.6 is 0 Å². The van der Waals surface area contributed by atoms with E-state index in [1.54, 1.807) is 10.6 Å². The van der Waals surface area contributed by atoms with Gasteiger partial charge in [-0.1, -0.05) is 12.1 Å². The summed E-state index contributed by atoms with van der Waals surface area (Å²) in [5.74, 6) is 0.967. The fourth-order valence-electron chi connectivity index (χ4n) is 2.09. The van der Waals surface area contributed by atoms with Gasteiger partial charge in [0.1, 0.15) is 5.82 Å². The lowest BCUT2D eigenvalue weighted by molar-refractivity contribution is -0.136. The van der Waals surface area contributed by atoms with Crippen LogP contribution in [0.1, 0.15) is 11.4 Å². The van der Waals surface area contributed by atoms with Crippen molar-refractivity contribution in [1.82, 2.24) is 20.1 Å². The monoisotopic (exact) mass is 282 g/mol. The number of para-hydroxylation sites is 1. The topological polar surface area (TPSA) is 56.8 Å². The molecule has 2 aromatic rings. The van der Waals surface area contributed by atoms with Crippen LogP contribution < -0.4 is 10.6 Å². The zero-order valence-electron chi connectivity index (χ0n) is 10.4. The van der Waals surface area contributed by atoms with Crippen molar-refractivity contribution in [1.29, 1.82) is 0 Å². The average Bonchev–Trinajstić information content (AvgIpc) is 2.82. The molecule has 1 N–H and O–H groups in total. The van der Waals surface area contributed by atoms with Crippen LogP contribution in [0.4, 0.5) is 24.8 Å². The van der Waals surface area contributed by atoms with E-state index in [9.17, 15) is 13.2 Å². The van der Waals surface area contributed by atoms with E-state index in [-0.39, 0.29) is 5.69 Å². The molecule has 0 spiro atoms. The van der Waals surface area contributed by atoms with Crippen molar-refractivity contribution in [3.05, 3.63) is 35.7 Å². The molecule has 3 rings (SSSR count). The average molecular weight is 282 g/mol. The summed E-state index contributed by atoms with van der Waals surface area (Å²) in [4.78, 5) is 0. The van der Waals surface area contributed by atoms with Crippen molar-refractivity contribution >= 4 is 11.6 Å². The third-order valence-electron chi connectivity index (χ3n) is 3.04. The summed E-state index contributed by atoms with van der Waals surface area (Å²) in [6, 6.07) is 5.30. The Kier molecular flexibility index (Phi) is 3.09. The number of hydrogen-bond acceptors (Lipinski definition) is 3. The third kappa shape index (κ3) is 2.34. The first kappa shape index (κ1) is 12.9. The quantitative estimate of drug-likeness (QED) is 0.918. The van der Waals surface area contributed by atoms with Crippen LogP contribution in [0.15, 0.2) is 24.3 Å². The van der Waals surface area contributed by atoms with Gasteiger partial charge in [0.15, 0.2) is 0 Å². The van der Waals surface area contributed by atoms with Gasteiger partial charge < -0.3 is 5.32 Å². The summed E-state index contributed by atoms with van der Waals surface area (Å²) in [7, 11) is 0. The maximum absolute atomic E-state index is 12.9. The number of benzene rings is 1. The van der Waals surface area contributed by atoms with Gasteiger partial charge in [0.05, 0.1) is 17.8 Å². The second-order valence-electron chi connectivity index (χ2n) is 4.37. The van der Waals surface area contributed by atoms with Crippen molar-refractivity contribution in [2.75, 3.05) is 11.9 Å². The molecule has 0 aliphatic carbocycles. The second kappa shape index (κ2) is 4.78. The molecular weight excluding hydrogens is 271 g/mol. The Balaban J connectivity index is 1.94. The number of nitrogens with zero attached hydrogens (tertiary/aromatic N) is 4. The summed E-state index contributed by atoms with van der Waals surface area (Å²) >= 11 is 0. The Morgan fingerprint density at radius 2 is 1.95 bits per heavy atom. The Morgan fingerprint density at radius 3 is 2.75 bits per heavy atom. The highest BCUT2D eigenvalue weighted by molar-refractivity contribution is 5.59. The first-order chi connectivity index (χ1) is 9.55. The number of aromatic nitrogens is 3. The fraction of sp³-hybridized carbons (Fsp3) is 0.333. The molecular formula is C12H11F3N5. The van der Waals surface area contributed by atoms with Crippen molar-refractivity contribution < 1.29 is 13.2 Å². The number of hydrogen-bond donors (Lipinski definition) is 1. The van der Waals surface area contributed by atoms with Crippen LogP contribution in [0.2, 0.25) is 0 Å². The Bertz CT molecular complexity index is 620. The van der Waals surface area contributed by atoms with Crippen molar-refractivity contribution in [3.63, 3.8) is 0 Å². The van der Waals surface area contributed by atoms with E-state index >= 15 is 0 Å². The minimum absolute atomic E-state index is 0.0299. The van der Waals surface area contributed by atoms with Gasteiger partial charge in [-0.15, -0.1) is 10.2 Å². The normalized spacial score (nSPS) is 14.9. The molecule has 0 amide bonds. The minimum atomic E-state index is -4.41. The lowest BCUT2D eigenvalue weighted by atomic mass is 10.1. The molecule has 1 aliphatic heterocycles. The van der Waals surface area contributed by atoms with Gasteiger partial charge in [0.2, 0.25) is 5.95 Å². The van der Waals surface area contributed by atoms with Crippen molar-refractivity contribution in [3.8, 4) is 0 Å². The van der Waals surface area contributed by atoms with Crippen LogP contribution in [0.25, 0.3) is 0 Å². The molecule has 105 valence electrons. The van der Waals surface area contributed by atoms with E-state index in [0.717, 1.165) is 6.07 Å². The summed E-state index contributed by atoms with van der Waals surface area (Å²) in [5, 5.41) is 14.7. The molecule has 0 atom stereocenters. The molecule has 1 aromatic carbocycles. The molecule has 2 heterocycles. The predicted octanol–water partition coefficient (Wildman–Crippen LogP) is 2.16. The number of rotatable bonds is 2. The highest BCUT2D eigenvalue weighted by Crippen LogP contribution is 2.35. The van der Waals surface area contributed by atoms with Crippen LogP contribution in [0.5, 0.6) is 0 Å². The van der Waals surface area contributed by atoms with E-state index in [1.807, 2.05) is 0 Å². The smallest absolute Gasteiger partial charge is 0.324 e. The van der Waals surface area contributed by atoms with E-state index in [1.165, 1.54) is 12.1 Å². The summed E-state index contributed by atoms with van der Waals surface area (Å²) in [6.07, 6.45) is -4.41. The summed E-state index contributed by atoms with van der Waals surface area (Å²) in [5.41, 5.74) is -0.754. The van der Waals surface area contributed by atoms with Gasteiger partial charge in [-0.25, -0.2) is 5.32 Å². The van der Waals surface area contributed by atoms with E-state index in [0.29, 0.717) is 31.4 Å². The largest absolute Gasteiger partial charge is 0.418 e. The van der Waals surface area contributed by atoms with Gasteiger partial charge in [-0.2, -0.15) is 13.2 Å². The van der Waals surface area contributed by atoms with Crippen molar-refractivity contribution in [2.24, 2.45) is 0 Å². The molecule has 0 fully saturated rings. The molecule has 1 radical (unpaired) electrons. The number of nitrogens with one attached hydrogen (secondary N) is 1. The van der Waals surface area contributed by atoms with Crippen molar-refractivity contribution in [2.45, 2.75) is 19.3 Å². The van der Waals surface area contributed by atoms with E-state index < -0.39 is 11.7 Å². The molecule has 5 nitrogen and oxygen atoms in total. The zero-order valence-corrected chi connectivity index (χ0v) is 10.4. The molecule has 0 saturated carbocycles. The first-order valence-corrected chi connectivity index (χ1v) is 6.04. The SMILES string of the molecule is FC(F)(F)c1ccccc1Nc1nnc2n1CC[N]C2. The van der Waals surface area contributed by atoms with Crippen LogP contribution in [0.3, 0.4) is 0 Å². The zero-order chi connectivity index (χ0) is 14.2. The molecule has 20 heavy (non-hydrogen) atoms. The summed E-state index contributed by atoms with van der Waals surface area (Å²) < 4.78 is 40.5. The number of anilines is 2. The molecule has 8 heteroatoms. The van der Waals surface area contributed by atoms with Gasteiger partial charge in [0, 0.05) is 13.1 Å². The maximum Gasteiger partial charge on any atom is 0.418 e. The number of alkyl halides is 3. The fourth-order valence-corrected chi connectivity index (χ4v) is 2.09. The molecule has 0 saturated heterocycles. The number of halogens is 3. The van der Waals surface area contributed by atoms with E-state index in [4.69, 9.17) is 0 Å². The van der Waals surface area contributed by atoms with E-state index in [2.05, 4.69) is 20.8 Å². The van der Waals surface area contributed by atoms with Gasteiger partial charge in [0.25, 0.3) is 0 Å². The Labute approximate surface area is 112 Å². The first-order valence-electron chi connectivity index (χ1n) is 6.04. The van der Waals surface area contributed by atoms with Gasteiger partial charge >= 0.3 is 6.18 Å².